The number of likely N-dealkylation sites (tertiary alicyclic amines) is 1. The minimum absolute atomic E-state index is 0.119. The van der Waals surface area contributed by atoms with E-state index in [9.17, 15) is 23.5 Å². The number of phenols is 1. The number of aromatic hydroxyl groups is 1. The molecule has 0 radical (unpaired) electrons. The molecule has 1 fully saturated rings. The molecule has 2 aliphatic heterocycles. The van der Waals surface area contributed by atoms with E-state index in [1.54, 1.807) is 26.8 Å². The van der Waals surface area contributed by atoms with Gasteiger partial charge in [0.1, 0.15) is 0 Å². The Morgan fingerprint density at radius 1 is 1.16 bits per heavy atom. The maximum absolute atomic E-state index is 15.5. The zero-order valence-corrected chi connectivity index (χ0v) is 28.1. The number of alkyl halides is 1. The Kier molecular flexibility index (Phi) is 11.1. The number of hydrogen-bond donors (Lipinski definition) is 2. The number of benzene rings is 2. The quantitative estimate of drug-likeness (QED) is 0.270. The number of carbonyl (C=O) groups is 2. The molecule has 2 N–H and O–H groups in total. The van der Waals surface area contributed by atoms with Crippen LogP contribution in [0.15, 0.2) is 24.3 Å². The number of piperidine rings is 1. The molecule has 2 aliphatic rings. The SMILES string of the molecule is CCN(C(=O)OC(C)(C)C)c1cc(F)cc2c1CCCCOCC2(C)N1CCC[C@@H]([I-]NC(=O)c2cc(F)c(O)c(F)c2)C1. The van der Waals surface area contributed by atoms with Crippen LogP contribution < -0.4 is 29.9 Å². The Balaban J connectivity index is 1.62. The number of hydrogen-bond acceptors (Lipinski definition) is 6. The van der Waals surface area contributed by atoms with E-state index in [1.165, 1.54) is 11.0 Å². The molecule has 2 amide bonds. The molecule has 2 heterocycles. The van der Waals surface area contributed by atoms with Gasteiger partial charge in [0.2, 0.25) is 0 Å². The maximum atomic E-state index is 15.5. The van der Waals surface area contributed by atoms with Gasteiger partial charge in [0.05, 0.1) is 0 Å². The van der Waals surface area contributed by atoms with Crippen LogP contribution in [-0.4, -0.2) is 64.4 Å². The first-order chi connectivity index (χ1) is 20.7. The summed E-state index contributed by atoms with van der Waals surface area (Å²) in [6, 6.07) is 4.62. The average molecular weight is 733 g/mol. The van der Waals surface area contributed by atoms with E-state index in [0.717, 1.165) is 55.5 Å². The van der Waals surface area contributed by atoms with Crippen LogP contribution in [0.4, 0.5) is 23.7 Å². The number of nitrogens with one attached hydrogen (secondary N) is 1. The van der Waals surface area contributed by atoms with Crippen molar-refractivity contribution < 1.29 is 58.8 Å². The number of phenolic OH excluding ortho intramolecular Hbond substituents is 1. The normalized spacial score (nSPS) is 21.5. The van der Waals surface area contributed by atoms with Crippen molar-refractivity contribution in [3.05, 3.63) is 58.4 Å². The van der Waals surface area contributed by atoms with Crippen LogP contribution in [0.25, 0.3) is 0 Å². The fourth-order valence-corrected chi connectivity index (χ4v) is 8.24. The van der Waals surface area contributed by atoms with Gasteiger partial charge in [-0.15, -0.1) is 0 Å². The van der Waals surface area contributed by atoms with Gasteiger partial charge in [-0.1, -0.05) is 0 Å². The Hall–Kier alpha value is -2.58. The second kappa shape index (κ2) is 14.2. The van der Waals surface area contributed by atoms with E-state index in [1.807, 2.05) is 13.8 Å². The number of nitrogens with zero attached hydrogens (tertiary/aromatic N) is 2. The number of rotatable bonds is 6. The number of anilines is 1. The third-order valence-electron chi connectivity index (χ3n) is 7.98. The number of amides is 2. The van der Waals surface area contributed by atoms with Crippen LogP contribution in [-0.2, 0) is 21.4 Å². The van der Waals surface area contributed by atoms with Crippen molar-refractivity contribution in [1.29, 1.82) is 0 Å². The summed E-state index contributed by atoms with van der Waals surface area (Å²) in [6.07, 6.45) is 3.45. The van der Waals surface area contributed by atoms with Crippen molar-refractivity contribution >= 4 is 17.7 Å². The molecular formula is C32H42F3IN3O5-. The van der Waals surface area contributed by atoms with Crippen molar-refractivity contribution in [3.8, 4) is 5.75 Å². The van der Waals surface area contributed by atoms with Crippen molar-refractivity contribution in [1.82, 2.24) is 8.43 Å². The second-order valence-corrected chi connectivity index (χ2v) is 15.4. The van der Waals surface area contributed by atoms with Crippen molar-refractivity contribution in [2.45, 2.75) is 81.8 Å². The van der Waals surface area contributed by atoms with E-state index in [-0.39, 0.29) is 9.49 Å². The van der Waals surface area contributed by atoms with Crippen LogP contribution in [0.3, 0.4) is 0 Å². The van der Waals surface area contributed by atoms with E-state index in [4.69, 9.17) is 9.47 Å². The van der Waals surface area contributed by atoms with E-state index >= 15 is 4.39 Å². The van der Waals surface area contributed by atoms with Gasteiger partial charge in [-0.05, 0) is 0 Å². The Morgan fingerprint density at radius 3 is 2.52 bits per heavy atom. The molecule has 2 atom stereocenters. The van der Waals surface area contributed by atoms with Crippen molar-refractivity contribution in [2.24, 2.45) is 0 Å². The van der Waals surface area contributed by atoms with Gasteiger partial charge in [-0.2, -0.15) is 0 Å². The zero-order chi connectivity index (χ0) is 32.2. The topological polar surface area (TPSA) is 91.3 Å². The molecule has 0 saturated carbocycles. The Morgan fingerprint density at radius 2 is 1.86 bits per heavy atom. The second-order valence-electron chi connectivity index (χ2n) is 12.5. The van der Waals surface area contributed by atoms with Gasteiger partial charge < -0.3 is 0 Å². The number of halogens is 4. The van der Waals surface area contributed by atoms with Gasteiger partial charge in [-0.3, -0.25) is 0 Å². The van der Waals surface area contributed by atoms with Gasteiger partial charge >= 0.3 is 269 Å². The summed E-state index contributed by atoms with van der Waals surface area (Å²) in [6.45, 7) is 11.8. The molecule has 2 aromatic rings. The van der Waals surface area contributed by atoms with Crippen LogP contribution >= 0.6 is 0 Å². The predicted octanol–water partition coefficient (Wildman–Crippen LogP) is 3.04. The summed E-state index contributed by atoms with van der Waals surface area (Å²) in [4.78, 5) is 29.8. The van der Waals surface area contributed by atoms with Crippen LogP contribution in [0.2, 0.25) is 0 Å². The summed E-state index contributed by atoms with van der Waals surface area (Å²) in [7, 11) is 0. The zero-order valence-electron chi connectivity index (χ0n) is 25.9. The molecular weight excluding hydrogens is 690 g/mol. The molecule has 244 valence electrons. The fraction of sp³-hybridized carbons (Fsp3) is 0.562. The number of ether oxygens (including phenoxy) is 2. The molecule has 44 heavy (non-hydrogen) atoms. The molecule has 1 unspecified atom stereocenters. The van der Waals surface area contributed by atoms with Gasteiger partial charge in [0, 0.05) is 0 Å². The molecule has 8 nitrogen and oxygen atoms in total. The minimum atomic E-state index is -1.19. The van der Waals surface area contributed by atoms with Crippen LogP contribution in [0.1, 0.15) is 81.8 Å². The Labute approximate surface area is 267 Å². The summed E-state index contributed by atoms with van der Waals surface area (Å²) < 4.78 is 58.0. The molecule has 2 aromatic carbocycles. The first-order valence-electron chi connectivity index (χ1n) is 15.0. The van der Waals surface area contributed by atoms with E-state index in [0.29, 0.717) is 38.4 Å². The number of fused-ring (bicyclic) bond motifs is 1. The molecule has 0 aromatic heterocycles. The standard InChI is InChI=1S/C32H42F3IN3O5/c1-6-39(30(42)44-31(2,3)4)27-17-21(33)16-24-23(27)11-7-8-13-43-19-32(24,5)38-12-9-10-22(18-38)36-37-29(41)20-14-25(34)28(40)26(35)15-20/h14-17,22,40H,6-13,18-19H2,1-5H3,(H,37,41)/q-1/t22-,32?/m1/s1. The average Bonchev–Trinajstić information content (AvgIpc) is 3.03. The molecule has 12 heteroatoms. The third-order valence-corrected chi connectivity index (χ3v) is 10.7. The van der Waals surface area contributed by atoms with E-state index in [2.05, 4.69) is 8.43 Å². The van der Waals surface area contributed by atoms with Crippen molar-refractivity contribution in [3.63, 3.8) is 0 Å². The molecule has 1 saturated heterocycles. The predicted molar refractivity (Wildman–Crippen MR) is 157 cm³/mol. The van der Waals surface area contributed by atoms with Crippen molar-refractivity contribution in [2.75, 3.05) is 37.7 Å². The Bertz CT molecular complexity index is 1350. The monoisotopic (exact) mass is 732 g/mol. The number of carbonyl (C=O) groups excluding carboxylic acids is 2. The van der Waals surface area contributed by atoms with Gasteiger partial charge in [0.15, 0.2) is 0 Å². The van der Waals surface area contributed by atoms with Gasteiger partial charge in [0.25, 0.3) is 0 Å². The summed E-state index contributed by atoms with van der Waals surface area (Å²) in [5.41, 5.74) is 0.552. The fourth-order valence-electron chi connectivity index (χ4n) is 5.78. The molecule has 0 bridgehead atoms. The molecule has 0 spiro atoms. The van der Waals surface area contributed by atoms with Crippen LogP contribution in [0.5, 0.6) is 5.75 Å². The summed E-state index contributed by atoms with van der Waals surface area (Å²) in [5.74, 6) is -4.54. The first kappa shape index (κ1) is 34.3. The molecule has 0 aliphatic carbocycles. The van der Waals surface area contributed by atoms with E-state index < -0.39 is 67.8 Å². The third kappa shape index (κ3) is 7.97. The van der Waals surface area contributed by atoms with Crippen LogP contribution in [0, 0.1) is 17.5 Å². The first-order valence-corrected chi connectivity index (χ1v) is 17.3. The summed E-state index contributed by atoms with van der Waals surface area (Å²) >= 11 is -0.930. The van der Waals surface area contributed by atoms with Gasteiger partial charge in [-0.25, -0.2) is 0 Å². The summed E-state index contributed by atoms with van der Waals surface area (Å²) in [5, 5.41) is 9.36. The molecule has 4 rings (SSSR count).